The number of benzene rings is 2. The van der Waals surface area contributed by atoms with Crippen molar-refractivity contribution in [2.45, 2.75) is 4.90 Å². The first-order valence-electron chi connectivity index (χ1n) is 5.35. The highest BCUT2D eigenvalue weighted by Crippen LogP contribution is 2.33. The smallest absolute Gasteiger partial charge is 0.145 e. The van der Waals surface area contributed by atoms with Gasteiger partial charge in [0.1, 0.15) is 17.6 Å². The van der Waals surface area contributed by atoms with Crippen LogP contribution in [0, 0.1) is 11.3 Å². The summed E-state index contributed by atoms with van der Waals surface area (Å²) >= 11 is 1.60. The third-order valence-electron chi connectivity index (χ3n) is 2.41. The van der Waals surface area contributed by atoms with Crippen LogP contribution < -0.4 is 10.5 Å². The normalized spacial score (nSPS) is 9.78. The number of nitriles is 1. The van der Waals surface area contributed by atoms with E-state index in [1.807, 2.05) is 30.5 Å². The molecule has 0 aliphatic carbocycles. The Hall–Kier alpha value is -2.12. The average molecular weight is 256 g/mol. The van der Waals surface area contributed by atoms with Gasteiger partial charge < -0.3 is 10.5 Å². The zero-order valence-electron chi connectivity index (χ0n) is 9.88. The van der Waals surface area contributed by atoms with Gasteiger partial charge >= 0.3 is 0 Å². The van der Waals surface area contributed by atoms with Crippen LogP contribution in [-0.2, 0) is 0 Å². The summed E-state index contributed by atoms with van der Waals surface area (Å²) in [6.45, 7) is 0. The van der Waals surface area contributed by atoms with Crippen LogP contribution in [0.1, 0.15) is 5.56 Å². The number of rotatable bonds is 3. The number of nitrogens with zero attached hydrogens (tertiary/aromatic N) is 1. The van der Waals surface area contributed by atoms with E-state index in [0.29, 0.717) is 17.0 Å². The van der Waals surface area contributed by atoms with Crippen molar-refractivity contribution >= 4 is 17.4 Å². The molecule has 0 unspecified atom stereocenters. The van der Waals surface area contributed by atoms with Gasteiger partial charge in [0.25, 0.3) is 0 Å². The second-order valence-electron chi connectivity index (χ2n) is 3.62. The maximum atomic E-state index is 9.06. The van der Waals surface area contributed by atoms with E-state index in [2.05, 4.69) is 6.07 Å². The lowest BCUT2D eigenvalue weighted by Crippen LogP contribution is -1.92. The molecule has 0 radical (unpaired) electrons. The lowest BCUT2D eigenvalue weighted by molar-refractivity contribution is 0.470. The van der Waals surface area contributed by atoms with Crippen LogP contribution in [0.4, 0.5) is 5.69 Å². The second kappa shape index (κ2) is 5.48. The molecule has 0 aromatic heterocycles. The Morgan fingerprint density at radius 1 is 1.17 bits per heavy atom. The molecule has 0 bridgehead atoms. The van der Waals surface area contributed by atoms with Gasteiger partial charge in [0.2, 0.25) is 0 Å². The van der Waals surface area contributed by atoms with E-state index >= 15 is 0 Å². The van der Waals surface area contributed by atoms with E-state index in [4.69, 9.17) is 15.7 Å². The van der Waals surface area contributed by atoms with E-state index in [1.54, 1.807) is 30.0 Å². The van der Waals surface area contributed by atoms with Crippen molar-refractivity contribution in [3.05, 3.63) is 48.0 Å². The number of para-hydroxylation sites is 1. The Bertz CT molecular complexity index is 605. The van der Waals surface area contributed by atoms with Crippen LogP contribution in [-0.4, -0.2) is 6.26 Å². The summed E-state index contributed by atoms with van der Waals surface area (Å²) in [4.78, 5) is 1.03. The molecule has 0 heterocycles. The van der Waals surface area contributed by atoms with Gasteiger partial charge in [-0.05, 0) is 36.6 Å². The van der Waals surface area contributed by atoms with E-state index in [1.165, 1.54) is 0 Å². The number of anilines is 1. The Morgan fingerprint density at radius 3 is 2.67 bits per heavy atom. The van der Waals surface area contributed by atoms with Crippen molar-refractivity contribution in [3.8, 4) is 17.6 Å². The van der Waals surface area contributed by atoms with Crippen LogP contribution >= 0.6 is 11.8 Å². The molecule has 2 aromatic carbocycles. The maximum Gasteiger partial charge on any atom is 0.145 e. The SMILES string of the molecule is CSc1ccccc1Oc1ccc(N)cc1C#N. The molecular weight excluding hydrogens is 244 g/mol. The van der Waals surface area contributed by atoms with Crippen molar-refractivity contribution in [1.82, 2.24) is 0 Å². The molecule has 0 aliphatic heterocycles. The van der Waals surface area contributed by atoms with Crippen LogP contribution in [0.5, 0.6) is 11.5 Å². The van der Waals surface area contributed by atoms with Gasteiger partial charge in [-0.3, -0.25) is 0 Å². The third kappa shape index (κ3) is 2.58. The molecule has 4 heteroatoms. The van der Waals surface area contributed by atoms with Crippen molar-refractivity contribution in [1.29, 1.82) is 5.26 Å². The van der Waals surface area contributed by atoms with Crippen LogP contribution in [0.3, 0.4) is 0 Å². The predicted molar refractivity (Wildman–Crippen MR) is 73.9 cm³/mol. The molecule has 3 nitrogen and oxygen atoms in total. The fraction of sp³-hybridized carbons (Fsp3) is 0.0714. The Balaban J connectivity index is 2.37. The molecule has 90 valence electrons. The van der Waals surface area contributed by atoms with Gasteiger partial charge in [0, 0.05) is 10.6 Å². The molecule has 2 rings (SSSR count). The first-order valence-corrected chi connectivity index (χ1v) is 6.57. The minimum absolute atomic E-state index is 0.436. The Labute approximate surface area is 110 Å². The third-order valence-corrected chi connectivity index (χ3v) is 3.19. The van der Waals surface area contributed by atoms with Gasteiger partial charge in [-0.1, -0.05) is 12.1 Å². The standard InChI is InChI=1S/C14H12N2OS/c1-18-14-5-3-2-4-13(14)17-12-7-6-11(16)8-10(12)9-15/h2-8H,16H2,1H3. The zero-order valence-corrected chi connectivity index (χ0v) is 10.7. The number of thioether (sulfide) groups is 1. The topological polar surface area (TPSA) is 59.0 Å². The molecule has 0 spiro atoms. The monoisotopic (exact) mass is 256 g/mol. The molecule has 0 fully saturated rings. The van der Waals surface area contributed by atoms with Crippen molar-refractivity contribution in [2.24, 2.45) is 0 Å². The minimum Gasteiger partial charge on any atom is -0.455 e. The number of hydrogen-bond acceptors (Lipinski definition) is 4. The minimum atomic E-state index is 0.436. The van der Waals surface area contributed by atoms with Gasteiger partial charge in [-0.2, -0.15) is 5.26 Å². The van der Waals surface area contributed by atoms with Crippen LogP contribution in [0.25, 0.3) is 0 Å². The fourth-order valence-corrected chi connectivity index (χ4v) is 2.07. The number of hydrogen-bond donors (Lipinski definition) is 1. The second-order valence-corrected chi connectivity index (χ2v) is 4.47. The van der Waals surface area contributed by atoms with Gasteiger partial charge in [-0.25, -0.2) is 0 Å². The summed E-state index contributed by atoms with van der Waals surface area (Å²) < 4.78 is 5.78. The number of nitrogens with two attached hydrogens (primary N) is 1. The van der Waals surface area contributed by atoms with E-state index in [-0.39, 0.29) is 0 Å². The fourth-order valence-electron chi connectivity index (χ4n) is 1.55. The summed E-state index contributed by atoms with van der Waals surface area (Å²) in [5.74, 6) is 1.26. The van der Waals surface area contributed by atoms with Gasteiger partial charge in [-0.15, -0.1) is 11.8 Å². The quantitative estimate of drug-likeness (QED) is 0.672. The molecule has 0 amide bonds. The maximum absolute atomic E-state index is 9.06. The number of nitrogen functional groups attached to an aromatic ring is 1. The molecule has 2 aromatic rings. The predicted octanol–water partition coefficient (Wildman–Crippen LogP) is 3.65. The molecule has 0 atom stereocenters. The van der Waals surface area contributed by atoms with Gasteiger partial charge in [0.05, 0.1) is 5.56 Å². The largest absolute Gasteiger partial charge is 0.455 e. The van der Waals surface area contributed by atoms with Crippen LogP contribution in [0.15, 0.2) is 47.4 Å². The average Bonchev–Trinajstić information content (AvgIpc) is 2.41. The molecule has 0 aliphatic rings. The van der Waals surface area contributed by atoms with Crippen molar-refractivity contribution in [3.63, 3.8) is 0 Å². The van der Waals surface area contributed by atoms with Crippen molar-refractivity contribution < 1.29 is 4.74 Å². The highest BCUT2D eigenvalue weighted by atomic mass is 32.2. The lowest BCUT2D eigenvalue weighted by atomic mass is 10.2. The van der Waals surface area contributed by atoms with Gasteiger partial charge in [0.15, 0.2) is 0 Å². The van der Waals surface area contributed by atoms with E-state index in [9.17, 15) is 0 Å². The highest BCUT2D eigenvalue weighted by molar-refractivity contribution is 7.98. The molecule has 18 heavy (non-hydrogen) atoms. The highest BCUT2D eigenvalue weighted by Gasteiger charge is 2.07. The zero-order chi connectivity index (χ0) is 13.0. The lowest BCUT2D eigenvalue weighted by Gasteiger charge is -2.10. The summed E-state index contributed by atoms with van der Waals surface area (Å²) in [7, 11) is 0. The molecule has 0 saturated heterocycles. The van der Waals surface area contributed by atoms with Crippen LogP contribution in [0.2, 0.25) is 0 Å². The first-order chi connectivity index (χ1) is 8.74. The summed E-state index contributed by atoms with van der Waals surface area (Å²) in [5, 5.41) is 9.06. The molecule has 0 saturated carbocycles. The summed E-state index contributed by atoms with van der Waals surface area (Å²) in [5.41, 5.74) is 6.63. The molecule has 2 N–H and O–H groups in total. The van der Waals surface area contributed by atoms with E-state index in [0.717, 1.165) is 10.6 Å². The van der Waals surface area contributed by atoms with E-state index < -0.39 is 0 Å². The van der Waals surface area contributed by atoms with Crippen molar-refractivity contribution in [2.75, 3.05) is 12.0 Å². The number of ether oxygens (including phenoxy) is 1. The first kappa shape index (κ1) is 12.3. The molecular formula is C14H12N2OS. The Kier molecular flexibility index (Phi) is 3.75. The Morgan fingerprint density at radius 2 is 1.94 bits per heavy atom. The summed E-state index contributed by atoms with van der Waals surface area (Å²) in [6, 6.07) is 14.8. The summed E-state index contributed by atoms with van der Waals surface area (Å²) in [6.07, 6.45) is 1.98.